The number of rotatable bonds is 9. The second-order valence-electron chi connectivity index (χ2n) is 7.26. The minimum Gasteiger partial charge on any atom is -0.309 e. The molecule has 1 unspecified atom stereocenters. The molecule has 30 heavy (non-hydrogen) atoms. The van der Waals surface area contributed by atoms with Crippen LogP contribution < -0.4 is 0 Å². The first-order valence-corrected chi connectivity index (χ1v) is 12.0. The monoisotopic (exact) mass is 422 g/mol. The normalized spacial score (nSPS) is 12.6. The molecule has 0 spiro atoms. The summed E-state index contributed by atoms with van der Waals surface area (Å²) in [6, 6.07) is 18.4. The van der Waals surface area contributed by atoms with Crippen LogP contribution in [-0.4, -0.2) is 18.2 Å². The maximum absolute atomic E-state index is 13.0. The van der Waals surface area contributed by atoms with Crippen LogP contribution in [0.25, 0.3) is 22.0 Å². The molecule has 1 atom stereocenters. The summed E-state index contributed by atoms with van der Waals surface area (Å²) in [6.07, 6.45) is 2.68. The molecule has 156 valence electrons. The molecule has 1 heterocycles. The average molecular weight is 422 g/mol. The fourth-order valence-electron chi connectivity index (χ4n) is 3.57. The molecule has 0 aliphatic carbocycles. The van der Waals surface area contributed by atoms with Gasteiger partial charge in [-0.3, -0.25) is 9.55 Å². The number of nitrogens with zero attached hydrogens (tertiary/aromatic N) is 2. The van der Waals surface area contributed by atoms with Gasteiger partial charge in [-0.1, -0.05) is 30.3 Å². The van der Waals surface area contributed by atoms with Gasteiger partial charge in [-0.2, -0.15) is 5.26 Å². The van der Waals surface area contributed by atoms with Gasteiger partial charge in [-0.05, 0) is 62.1 Å². The van der Waals surface area contributed by atoms with Crippen molar-refractivity contribution in [2.24, 2.45) is 5.92 Å². The van der Waals surface area contributed by atoms with E-state index in [9.17, 15) is 9.83 Å². The number of pyridine rings is 1. The van der Waals surface area contributed by atoms with Gasteiger partial charge < -0.3 is 9.05 Å². The Bertz CT molecular complexity index is 1100. The Balaban J connectivity index is 2.04. The Kier molecular flexibility index (Phi) is 7.39. The van der Waals surface area contributed by atoms with Crippen LogP contribution in [0.3, 0.4) is 0 Å². The van der Waals surface area contributed by atoms with Gasteiger partial charge in [0.2, 0.25) is 0 Å². The van der Waals surface area contributed by atoms with E-state index >= 15 is 0 Å². The Morgan fingerprint density at radius 1 is 1.07 bits per heavy atom. The molecule has 0 saturated heterocycles. The van der Waals surface area contributed by atoms with Crippen molar-refractivity contribution >= 4 is 18.5 Å². The number of aromatic nitrogens is 1. The molecule has 0 saturated carbocycles. The Morgan fingerprint density at radius 2 is 1.83 bits per heavy atom. The van der Waals surface area contributed by atoms with E-state index < -0.39 is 7.60 Å². The predicted octanol–water partition coefficient (Wildman–Crippen LogP) is 6.37. The van der Waals surface area contributed by atoms with Crippen molar-refractivity contribution in [3.63, 3.8) is 0 Å². The van der Waals surface area contributed by atoms with Crippen LogP contribution in [0.1, 0.15) is 31.9 Å². The van der Waals surface area contributed by atoms with Gasteiger partial charge >= 0.3 is 7.60 Å². The number of fused-ring (bicyclic) bond motifs is 1. The van der Waals surface area contributed by atoms with Crippen molar-refractivity contribution in [3.8, 4) is 17.2 Å². The van der Waals surface area contributed by atoms with Crippen LogP contribution in [0.5, 0.6) is 0 Å². The summed E-state index contributed by atoms with van der Waals surface area (Å²) in [5.74, 6) is -0.0680. The lowest BCUT2D eigenvalue weighted by Crippen LogP contribution is -2.00. The van der Waals surface area contributed by atoms with E-state index in [-0.39, 0.29) is 12.1 Å². The van der Waals surface area contributed by atoms with E-state index in [1.54, 1.807) is 6.20 Å². The summed E-state index contributed by atoms with van der Waals surface area (Å²) in [6.45, 7) is 6.23. The first-order valence-electron chi connectivity index (χ1n) is 10.2. The van der Waals surface area contributed by atoms with Gasteiger partial charge in [0, 0.05) is 23.1 Å². The first-order chi connectivity index (χ1) is 14.5. The van der Waals surface area contributed by atoms with Gasteiger partial charge in [0.05, 0.1) is 31.0 Å². The third-order valence-electron chi connectivity index (χ3n) is 4.79. The molecule has 0 aliphatic rings. The van der Waals surface area contributed by atoms with Crippen molar-refractivity contribution in [2.45, 2.75) is 33.4 Å². The molecule has 0 amide bonds. The molecular formula is C24H27N2O3P. The summed E-state index contributed by atoms with van der Waals surface area (Å²) in [7, 11) is -3.18. The van der Waals surface area contributed by atoms with Gasteiger partial charge in [0.25, 0.3) is 0 Å². The smallest absolute Gasteiger partial charge is 0.309 e. The van der Waals surface area contributed by atoms with Gasteiger partial charge in [-0.25, -0.2) is 0 Å². The van der Waals surface area contributed by atoms with Crippen LogP contribution in [0.15, 0.2) is 54.7 Å². The minimum absolute atomic E-state index is 0.0680. The van der Waals surface area contributed by atoms with E-state index in [0.717, 1.165) is 33.2 Å². The molecule has 0 N–H and O–H groups in total. The molecule has 0 fully saturated rings. The number of benzene rings is 2. The molecule has 2 aromatic carbocycles. The summed E-state index contributed by atoms with van der Waals surface area (Å²) < 4.78 is 23.9. The largest absolute Gasteiger partial charge is 0.335 e. The summed E-state index contributed by atoms with van der Waals surface area (Å²) >= 11 is 0. The van der Waals surface area contributed by atoms with Crippen LogP contribution >= 0.6 is 7.60 Å². The van der Waals surface area contributed by atoms with Crippen LogP contribution in [-0.2, 0) is 26.2 Å². The minimum atomic E-state index is -3.18. The summed E-state index contributed by atoms with van der Waals surface area (Å²) in [5.41, 5.74) is 4.87. The van der Waals surface area contributed by atoms with Crippen LogP contribution in [0.4, 0.5) is 0 Å². The maximum atomic E-state index is 13.0. The van der Waals surface area contributed by atoms with E-state index in [1.165, 1.54) is 0 Å². The maximum Gasteiger partial charge on any atom is 0.335 e. The third kappa shape index (κ3) is 5.34. The SMILES string of the molecule is CCOP(=O)(Cc1cccc(-c2cc(CC(C)C#N)cc3cccnc23)c1)OCC. The lowest BCUT2D eigenvalue weighted by atomic mass is 9.94. The highest BCUT2D eigenvalue weighted by atomic mass is 31.2. The summed E-state index contributed by atoms with van der Waals surface area (Å²) in [5, 5.41) is 10.3. The standard InChI is InChI=1S/C24H27N2O3P/c1-4-28-30(27,29-5-2)17-19-8-6-9-21(13-19)23-15-20(12-18(3)16-25)14-22-10-7-11-26-24(22)23/h6-11,13-15,18H,4-5,12,17H2,1-3H3. The quantitative estimate of drug-likeness (QED) is 0.375. The van der Waals surface area contributed by atoms with Crippen molar-refractivity contribution in [3.05, 3.63) is 65.9 Å². The fraction of sp³-hybridized carbons (Fsp3) is 0.333. The molecule has 0 bridgehead atoms. The Labute approximate surface area is 178 Å². The second kappa shape index (κ2) is 10.00. The van der Waals surface area contributed by atoms with Crippen molar-refractivity contribution < 1.29 is 13.6 Å². The zero-order chi connectivity index (χ0) is 21.6. The van der Waals surface area contributed by atoms with E-state index in [0.29, 0.717) is 19.6 Å². The molecule has 0 radical (unpaired) electrons. The van der Waals surface area contributed by atoms with Crippen LogP contribution in [0.2, 0.25) is 0 Å². The number of hydrogen-bond acceptors (Lipinski definition) is 5. The molecule has 3 rings (SSSR count). The van der Waals surface area contributed by atoms with Crippen LogP contribution in [0, 0.1) is 17.2 Å². The second-order valence-corrected chi connectivity index (χ2v) is 9.31. The lowest BCUT2D eigenvalue weighted by molar-refractivity contribution is 0.219. The fourth-order valence-corrected chi connectivity index (χ4v) is 5.26. The van der Waals surface area contributed by atoms with E-state index in [4.69, 9.17) is 9.05 Å². The van der Waals surface area contributed by atoms with Crippen molar-refractivity contribution in [1.29, 1.82) is 5.26 Å². The Morgan fingerprint density at radius 3 is 2.53 bits per heavy atom. The number of hydrogen-bond donors (Lipinski definition) is 0. The highest BCUT2D eigenvalue weighted by Crippen LogP contribution is 2.51. The van der Waals surface area contributed by atoms with E-state index in [2.05, 4.69) is 23.2 Å². The zero-order valence-electron chi connectivity index (χ0n) is 17.7. The molecular weight excluding hydrogens is 395 g/mol. The summed E-state index contributed by atoms with van der Waals surface area (Å²) in [4.78, 5) is 4.59. The van der Waals surface area contributed by atoms with Gasteiger partial charge in [0.1, 0.15) is 0 Å². The van der Waals surface area contributed by atoms with Gasteiger partial charge in [0.15, 0.2) is 0 Å². The number of nitriles is 1. The highest BCUT2D eigenvalue weighted by Gasteiger charge is 2.24. The molecule has 0 aliphatic heterocycles. The van der Waals surface area contributed by atoms with Gasteiger partial charge in [-0.15, -0.1) is 0 Å². The topological polar surface area (TPSA) is 72.2 Å². The third-order valence-corrected chi connectivity index (χ3v) is 6.85. The Hall–Kier alpha value is -2.51. The molecule has 3 aromatic rings. The molecule has 1 aromatic heterocycles. The van der Waals surface area contributed by atoms with Crippen molar-refractivity contribution in [1.82, 2.24) is 4.98 Å². The van der Waals surface area contributed by atoms with Crippen molar-refractivity contribution in [2.75, 3.05) is 13.2 Å². The predicted molar refractivity (Wildman–Crippen MR) is 120 cm³/mol. The van der Waals surface area contributed by atoms with E-state index in [1.807, 2.05) is 57.2 Å². The molecule has 6 heteroatoms. The highest BCUT2D eigenvalue weighted by molar-refractivity contribution is 7.53. The molecule has 5 nitrogen and oxygen atoms in total. The lowest BCUT2D eigenvalue weighted by Gasteiger charge is -2.17. The first kappa shape index (κ1) is 22.2. The average Bonchev–Trinajstić information content (AvgIpc) is 2.73. The zero-order valence-corrected chi connectivity index (χ0v) is 18.6.